The van der Waals surface area contributed by atoms with Gasteiger partial charge in [-0.05, 0) is 65.3 Å². The zero-order valence-electron chi connectivity index (χ0n) is 16.0. The normalized spacial score (nSPS) is 27.8. The Labute approximate surface area is 155 Å². The molecule has 0 aliphatic carbocycles. The summed E-state index contributed by atoms with van der Waals surface area (Å²) in [5.74, 6) is 0.752. The van der Waals surface area contributed by atoms with Crippen LogP contribution in [0.15, 0.2) is 30.0 Å². The zero-order valence-corrected chi connectivity index (χ0v) is 16.0. The van der Waals surface area contributed by atoms with Gasteiger partial charge in [0.25, 0.3) is 0 Å². The van der Waals surface area contributed by atoms with E-state index in [1.807, 2.05) is 52.0 Å². The fourth-order valence-electron chi connectivity index (χ4n) is 3.95. The van der Waals surface area contributed by atoms with Gasteiger partial charge < -0.3 is 19.4 Å². The van der Waals surface area contributed by atoms with E-state index in [4.69, 9.17) is 14.0 Å². The first-order chi connectivity index (χ1) is 12.2. The maximum absolute atomic E-state index is 15.7. The summed E-state index contributed by atoms with van der Waals surface area (Å²) in [5, 5.41) is 3.36. The number of para-hydroxylation sites is 1. The molecule has 0 unspecified atom stereocenters. The average Bonchev–Trinajstić information content (AvgIpc) is 2.82. The van der Waals surface area contributed by atoms with E-state index >= 15 is 4.39 Å². The Morgan fingerprint density at radius 2 is 1.65 bits per heavy atom. The Bertz CT molecular complexity index is 724. The maximum Gasteiger partial charge on any atom is 0.525 e. The van der Waals surface area contributed by atoms with Gasteiger partial charge in [0.1, 0.15) is 17.1 Å². The summed E-state index contributed by atoms with van der Waals surface area (Å²) in [6.07, 6.45) is 2.27. The fraction of sp³-hybridized carbons (Fsp3) is 0.600. The van der Waals surface area contributed by atoms with Crippen LogP contribution in [-0.4, -0.2) is 37.0 Å². The lowest BCUT2D eigenvalue weighted by molar-refractivity contribution is 0.00578. The number of benzene rings is 1. The average molecular weight is 359 g/mol. The second-order valence-electron chi connectivity index (χ2n) is 8.62. The minimum atomic E-state index is -0.972. The molecule has 3 aliphatic heterocycles. The molecule has 4 rings (SSSR count). The van der Waals surface area contributed by atoms with Crippen molar-refractivity contribution in [1.82, 2.24) is 5.32 Å². The van der Waals surface area contributed by atoms with Gasteiger partial charge in [-0.2, -0.15) is 0 Å². The Hall–Kier alpha value is -1.37. The zero-order chi connectivity index (χ0) is 18.6. The van der Waals surface area contributed by atoms with Gasteiger partial charge in [-0.15, -0.1) is 0 Å². The molecule has 1 aromatic carbocycles. The topological polar surface area (TPSA) is 39.7 Å². The van der Waals surface area contributed by atoms with Crippen molar-refractivity contribution in [3.05, 3.63) is 35.6 Å². The monoisotopic (exact) mass is 359 g/mol. The minimum Gasteiger partial charge on any atom is -0.486 e. The van der Waals surface area contributed by atoms with Gasteiger partial charge in [0.15, 0.2) is 0 Å². The summed E-state index contributed by atoms with van der Waals surface area (Å²) in [7, 11) is -0.972. The molecule has 0 bridgehead atoms. The molecule has 140 valence electrons. The molecule has 6 heteroatoms. The molecule has 0 radical (unpaired) electrons. The SMILES string of the molecule is CC1(C)OB(C(F)=C2CC3(CCNCC3)Oc3ccccc32)OC1(C)C. The number of rotatable bonds is 1. The van der Waals surface area contributed by atoms with Crippen molar-refractivity contribution in [1.29, 1.82) is 0 Å². The largest absolute Gasteiger partial charge is 0.525 e. The van der Waals surface area contributed by atoms with Crippen molar-refractivity contribution in [3.63, 3.8) is 0 Å². The van der Waals surface area contributed by atoms with Crippen LogP contribution in [0, 0.1) is 0 Å². The molecule has 1 N–H and O–H groups in total. The second kappa shape index (κ2) is 6.08. The van der Waals surface area contributed by atoms with Crippen molar-refractivity contribution in [2.75, 3.05) is 13.1 Å². The number of ether oxygens (including phenoxy) is 1. The third-order valence-electron chi connectivity index (χ3n) is 6.30. The Kier molecular flexibility index (Phi) is 4.21. The van der Waals surface area contributed by atoms with Crippen molar-refractivity contribution in [2.45, 2.75) is 63.8 Å². The van der Waals surface area contributed by atoms with Gasteiger partial charge >= 0.3 is 7.12 Å². The van der Waals surface area contributed by atoms with E-state index in [1.54, 1.807) is 0 Å². The minimum absolute atomic E-state index is 0.322. The molecule has 2 saturated heterocycles. The first kappa shape index (κ1) is 18.0. The maximum atomic E-state index is 15.7. The molecule has 1 aromatic rings. The lowest BCUT2D eigenvalue weighted by Gasteiger charge is -2.42. The van der Waals surface area contributed by atoms with Crippen molar-refractivity contribution in [3.8, 4) is 5.75 Å². The highest BCUT2D eigenvalue weighted by molar-refractivity contribution is 6.55. The lowest BCUT2D eigenvalue weighted by Crippen LogP contribution is -2.48. The third kappa shape index (κ3) is 2.88. The number of fused-ring (bicyclic) bond motifs is 1. The highest BCUT2D eigenvalue weighted by Crippen LogP contribution is 2.47. The summed E-state index contributed by atoms with van der Waals surface area (Å²) in [4.78, 5) is 0. The number of hydrogen-bond acceptors (Lipinski definition) is 4. The van der Waals surface area contributed by atoms with Crippen LogP contribution in [0.3, 0.4) is 0 Å². The van der Waals surface area contributed by atoms with Crippen LogP contribution in [0.2, 0.25) is 0 Å². The van der Waals surface area contributed by atoms with Gasteiger partial charge in [-0.1, -0.05) is 18.2 Å². The molecule has 3 heterocycles. The second-order valence-corrected chi connectivity index (χ2v) is 8.62. The predicted octanol–water partition coefficient (Wildman–Crippen LogP) is 3.90. The fourth-order valence-corrected chi connectivity index (χ4v) is 3.95. The molecule has 4 nitrogen and oxygen atoms in total. The molecule has 3 aliphatic rings. The van der Waals surface area contributed by atoms with E-state index in [1.165, 1.54) is 0 Å². The van der Waals surface area contributed by atoms with E-state index in [0.29, 0.717) is 12.0 Å². The molecule has 1 spiro atoms. The first-order valence-corrected chi connectivity index (χ1v) is 9.46. The molecule has 0 saturated carbocycles. The van der Waals surface area contributed by atoms with Crippen LogP contribution < -0.4 is 10.1 Å². The van der Waals surface area contributed by atoms with Crippen molar-refractivity contribution < 1.29 is 18.4 Å². The number of halogens is 1. The number of nitrogens with one attached hydrogen (secondary N) is 1. The molecule has 2 fully saturated rings. The van der Waals surface area contributed by atoms with Gasteiger partial charge in [0.2, 0.25) is 0 Å². The summed E-state index contributed by atoms with van der Waals surface area (Å²) in [5.41, 5.74) is -0.330. The lowest BCUT2D eigenvalue weighted by atomic mass is 9.75. The molecular formula is C20H27BFNO3. The Morgan fingerprint density at radius 3 is 2.31 bits per heavy atom. The van der Waals surface area contributed by atoms with Crippen LogP contribution in [0.1, 0.15) is 52.5 Å². The summed E-state index contributed by atoms with van der Waals surface area (Å²) in [6, 6.07) is 7.70. The van der Waals surface area contributed by atoms with Gasteiger partial charge in [-0.25, -0.2) is 4.39 Å². The van der Waals surface area contributed by atoms with Gasteiger partial charge in [0.05, 0.1) is 11.2 Å². The Balaban J connectivity index is 1.75. The van der Waals surface area contributed by atoms with E-state index in [0.717, 1.165) is 37.2 Å². The molecule has 0 aromatic heterocycles. The van der Waals surface area contributed by atoms with E-state index < -0.39 is 18.3 Å². The van der Waals surface area contributed by atoms with Crippen LogP contribution in [-0.2, 0) is 9.31 Å². The summed E-state index contributed by atoms with van der Waals surface area (Å²) in [6.45, 7) is 9.53. The van der Waals surface area contributed by atoms with Crippen LogP contribution in [0.5, 0.6) is 5.75 Å². The molecule has 0 atom stereocenters. The smallest absolute Gasteiger partial charge is 0.486 e. The highest BCUT2D eigenvalue weighted by Gasteiger charge is 2.54. The van der Waals surface area contributed by atoms with Crippen molar-refractivity contribution in [2.24, 2.45) is 0 Å². The van der Waals surface area contributed by atoms with Crippen LogP contribution in [0.25, 0.3) is 5.57 Å². The Morgan fingerprint density at radius 1 is 1.04 bits per heavy atom. The standard InChI is InChI=1S/C20H27BFNO3/c1-18(2)19(3,4)26-21(25-18)17(22)15-13-20(9-11-23-12-10-20)24-16-8-6-5-7-14(15)16/h5-8,23H,9-13H2,1-4H3. The van der Waals surface area contributed by atoms with E-state index in [9.17, 15) is 0 Å². The molecular weight excluding hydrogens is 332 g/mol. The van der Waals surface area contributed by atoms with Crippen molar-refractivity contribution >= 4 is 12.7 Å². The summed E-state index contributed by atoms with van der Waals surface area (Å²) >= 11 is 0. The van der Waals surface area contributed by atoms with E-state index in [-0.39, 0.29) is 11.3 Å². The van der Waals surface area contributed by atoms with Crippen LogP contribution >= 0.6 is 0 Å². The van der Waals surface area contributed by atoms with E-state index in [2.05, 4.69) is 5.32 Å². The van der Waals surface area contributed by atoms with Crippen LogP contribution in [0.4, 0.5) is 4.39 Å². The predicted molar refractivity (Wildman–Crippen MR) is 101 cm³/mol. The quantitative estimate of drug-likeness (QED) is 0.772. The third-order valence-corrected chi connectivity index (χ3v) is 6.30. The highest BCUT2D eigenvalue weighted by atomic mass is 19.1. The number of hydrogen-bond donors (Lipinski definition) is 1. The first-order valence-electron chi connectivity index (χ1n) is 9.46. The van der Waals surface area contributed by atoms with Gasteiger partial charge in [-0.3, -0.25) is 0 Å². The molecule has 0 amide bonds. The molecule has 26 heavy (non-hydrogen) atoms. The number of piperidine rings is 1. The summed E-state index contributed by atoms with van der Waals surface area (Å²) < 4.78 is 33.9. The van der Waals surface area contributed by atoms with Gasteiger partial charge in [0, 0.05) is 12.0 Å².